The second-order valence-corrected chi connectivity index (χ2v) is 6.02. The quantitative estimate of drug-likeness (QED) is 0.917. The molecule has 0 saturated heterocycles. The number of aryl methyl sites for hydroxylation is 1. The van der Waals surface area contributed by atoms with Gasteiger partial charge in [-0.15, -0.1) is 0 Å². The first-order valence-electron chi connectivity index (χ1n) is 7.76. The number of hydrogen-bond donors (Lipinski definition) is 1. The Morgan fingerprint density at radius 3 is 2.81 bits per heavy atom. The summed E-state index contributed by atoms with van der Waals surface area (Å²) < 4.78 is 5.29. The van der Waals surface area contributed by atoms with Gasteiger partial charge in [0.15, 0.2) is 5.82 Å². The third-order valence-electron chi connectivity index (χ3n) is 4.45. The average molecular weight is 286 g/mol. The summed E-state index contributed by atoms with van der Waals surface area (Å²) in [6.07, 6.45) is 5.49. The molecule has 1 aromatic heterocycles. The van der Waals surface area contributed by atoms with Crippen molar-refractivity contribution in [2.24, 2.45) is 5.92 Å². The van der Waals surface area contributed by atoms with E-state index in [1.54, 1.807) is 0 Å². The summed E-state index contributed by atoms with van der Waals surface area (Å²) in [5.74, 6) is 1.65. The van der Waals surface area contributed by atoms with Gasteiger partial charge in [0.05, 0.1) is 12.5 Å². The molecule has 3 rings (SSSR count). The Labute approximate surface area is 125 Å². The van der Waals surface area contributed by atoms with Crippen molar-refractivity contribution >= 4 is 0 Å². The molecule has 0 spiro atoms. The maximum absolute atomic E-state index is 10.2. The summed E-state index contributed by atoms with van der Waals surface area (Å²) >= 11 is 0. The molecule has 1 fully saturated rings. The van der Waals surface area contributed by atoms with Crippen molar-refractivity contribution in [3.05, 3.63) is 47.1 Å². The minimum atomic E-state index is -0.348. The first kappa shape index (κ1) is 14.3. The predicted molar refractivity (Wildman–Crippen MR) is 80.0 cm³/mol. The Bertz CT molecular complexity index is 588. The molecule has 0 aliphatic heterocycles. The van der Waals surface area contributed by atoms with E-state index in [-0.39, 0.29) is 6.10 Å². The van der Waals surface area contributed by atoms with Gasteiger partial charge in [0.2, 0.25) is 5.89 Å². The Balaban J connectivity index is 1.62. The topological polar surface area (TPSA) is 59.2 Å². The van der Waals surface area contributed by atoms with Crippen LogP contribution in [0.25, 0.3) is 0 Å². The second-order valence-electron chi connectivity index (χ2n) is 6.02. The van der Waals surface area contributed by atoms with Crippen molar-refractivity contribution in [3.63, 3.8) is 0 Å². The number of aliphatic hydroxyl groups excluding tert-OH is 1. The Kier molecular flexibility index (Phi) is 4.34. The second kappa shape index (κ2) is 6.39. The molecular weight excluding hydrogens is 264 g/mol. The van der Waals surface area contributed by atoms with Crippen LogP contribution in [0.3, 0.4) is 0 Å². The standard InChI is InChI=1S/C17H22N2O2/c1-12-6-2-3-9-14(12)10-16-18-17(21-19-16)11-15(20)13-7-4-5-8-13/h2-3,6,9,13,15,20H,4-5,7-8,10-11H2,1H3. The zero-order valence-corrected chi connectivity index (χ0v) is 12.5. The summed E-state index contributed by atoms with van der Waals surface area (Å²) in [4.78, 5) is 4.42. The van der Waals surface area contributed by atoms with Gasteiger partial charge >= 0.3 is 0 Å². The molecule has 2 aromatic rings. The summed E-state index contributed by atoms with van der Waals surface area (Å²) in [5, 5.41) is 14.3. The van der Waals surface area contributed by atoms with Crippen molar-refractivity contribution in [2.45, 2.75) is 51.6 Å². The molecule has 1 N–H and O–H groups in total. The molecular formula is C17H22N2O2. The van der Waals surface area contributed by atoms with E-state index in [0.717, 1.165) is 12.8 Å². The predicted octanol–water partition coefficient (Wildman–Crippen LogP) is 3.06. The van der Waals surface area contributed by atoms with Crippen LogP contribution in [0.5, 0.6) is 0 Å². The number of nitrogens with zero attached hydrogens (tertiary/aromatic N) is 2. The van der Waals surface area contributed by atoms with Crippen LogP contribution in [0.2, 0.25) is 0 Å². The smallest absolute Gasteiger partial charge is 0.229 e. The minimum absolute atomic E-state index is 0.348. The van der Waals surface area contributed by atoms with Gasteiger partial charge in [0.25, 0.3) is 0 Å². The van der Waals surface area contributed by atoms with Crippen LogP contribution >= 0.6 is 0 Å². The van der Waals surface area contributed by atoms with Crippen LogP contribution in [0.4, 0.5) is 0 Å². The van der Waals surface area contributed by atoms with Gasteiger partial charge in [-0.3, -0.25) is 0 Å². The van der Waals surface area contributed by atoms with Crippen LogP contribution in [0, 0.1) is 12.8 Å². The lowest BCUT2D eigenvalue weighted by molar-refractivity contribution is 0.102. The van der Waals surface area contributed by atoms with Gasteiger partial charge in [-0.05, 0) is 36.8 Å². The Morgan fingerprint density at radius 2 is 2.05 bits per heavy atom. The maximum atomic E-state index is 10.2. The largest absolute Gasteiger partial charge is 0.392 e. The fraction of sp³-hybridized carbons (Fsp3) is 0.529. The van der Waals surface area contributed by atoms with Crippen molar-refractivity contribution in [2.75, 3.05) is 0 Å². The molecule has 21 heavy (non-hydrogen) atoms. The molecule has 4 nitrogen and oxygen atoms in total. The van der Waals surface area contributed by atoms with Gasteiger partial charge in [-0.1, -0.05) is 42.3 Å². The molecule has 0 amide bonds. The van der Waals surface area contributed by atoms with Crippen LogP contribution in [-0.4, -0.2) is 21.4 Å². The molecule has 4 heteroatoms. The van der Waals surface area contributed by atoms with Gasteiger partial charge in [0, 0.05) is 6.42 Å². The molecule has 1 saturated carbocycles. The molecule has 0 radical (unpaired) electrons. The lowest BCUT2D eigenvalue weighted by Gasteiger charge is -2.14. The van der Waals surface area contributed by atoms with Crippen molar-refractivity contribution in [1.29, 1.82) is 0 Å². The minimum Gasteiger partial charge on any atom is -0.392 e. The van der Waals surface area contributed by atoms with Gasteiger partial charge < -0.3 is 9.63 Å². The highest BCUT2D eigenvalue weighted by Crippen LogP contribution is 2.29. The van der Waals surface area contributed by atoms with Gasteiger partial charge in [-0.25, -0.2) is 0 Å². The van der Waals surface area contributed by atoms with Crippen molar-refractivity contribution < 1.29 is 9.63 Å². The number of benzene rings is 1. The highest BCUT2D eigenvalue weighted by Gasteiger charge is 2.25. The molecule has 1 aliphatic carbocycles. The highest BCUT2D eigenvalue weighted by molar-refractivity contribution is 5.27. The Hall–Kier alpha value is -1.68. The van der Waals surface area contributed by atoms with E-state index < -0.39 is 0 Å². The van der Waals surface area contributed by atoms with Gasteiger partial charge in [0.1, 0.15) is 0 Å². The van der Waals surface area contributed by atoms with E-state index in [9.17, 15) is 5.11 Å². The molecule has 0 bridgehead atoms. The number of hydrogen-bond acceptors (Lipinski definition) is 4. The number of rotatable bonds is 5. The SMILES string of the molecule is Cc1ccccc1Cc1noc(CC(O)C2CCCC2)n1. The summed E-state index contributed by atoms with van der Waals surface area (Å²) in [6.45, 7) is 2.08. The molecule has 1 unspecified atom stereocenters. The van der Waals surface area contributed by atoms with E-state index in [0.29, 0.717) is 30.5 Å². The van der Waals surface area contributed by atoms with Gasteiger partial charge in [-0.2, -0.15) is 4.98 Å². The molecule has 112 valence electrons. The maximum Gasteiger partial charge on any atom is 0.229 e. The normalized spacial score (nSPS) is 17.2. The Morgan fingerprint density at radius 1 is 1.29 bits per heavy atom. The zero-order chi connectivity index (χ0) is 14.7. The third-order valence-corrected chi connectivity index (χ3v) is 4.45. The van der Waals surface area contributed by atoms with Crippen LogP contribution in [0.15, 0.2) is 28.8 Å². The first-order valence-corrected chi connectivity index (χ1v) is 7.76. The van der Waals surface area contributed by atoms with Crippen molar-refractivity contribution in [1.82, 2.24) is 10.1 Å². The van der Waals surface area contributed by atoms with Crippen molar-refractivity contribution in [3.8, 4) is 0 Å². The van der Waals surface area contributed by atoms with E-state index in [1.165, 1.54) is 24.0 Å². The van der Waals surface area contributed by atoms with E-state index in [1.807, 2.05) is 12.1 Å². The number of aromatic nitrogens is 2. The van der Waals surface area contributed by atoms with Crippen LogP contribution in [-0.2, 0) is 12.8 Å². The molecule has 1 aliphatic rings. The summed E-state index contributed by atoms with van der Waals surface area (Å²) in [5.41, 5.74) is 2.44. The molecule has 1 atom stereocenters. The molecule has 1 aromatic carbocycles. The van der Waals surface area contributed by atoms with E-state index >= 15 is 0 Å². The molecule has 1 heterocycles. The summed E-state index contributed by atoms with van der Waals surface area (Å²) in [6, 6.07) is 8.21. The first-order chi connectivity index (χ1) is 10.2. The lowest BCUT2D eigenvalue weighted by atomic mass is 9.98. The van der Waals surface area contributed by atoms with E-state index in [2.05, 4.69) is 29.2 Å². The lowest BCUT2D eigenvalue weighted by Crippen LogP contribution is -2.20. The monoisotopic (exact) mass is 286 g/mol. The third kappa shape index (κ3) is 3.50. The fourth-order valence-corrected chi connectivity index (χ4v) is 3.11. The average Bonchev–Trinajstić information content (AvgIpc) is 3.13. The zero-order valence-electron chi connectivity index (χ0n) is 12.5. The fourth-order valence-electron chi connectivity index (χ4n) is 3.11. The highest BCUT2D eigenvalue weighted by atomic mass is 16.5. The van der Waals surface area contributed by atoms with Crippen LogP contribution < -0.4 is 0 Å². The number of aliphatic hydroxyl groups is 1. The van der Waals surface area contributed by atoms with E-state index in [4.69, 9.17) is 4.52 Å². The van der Waals surface area contributed by atoms with Crippen LogP contribution in [0.1, 0.15) is 48.5 Å². The summed E-state index contributed by atoms with van der Waals surface area (Å²) in [7, 11) is 0.